The minimum absolute atomic E-state index is 0.212. The molecular weight excluding hydrogens is 196 g/mol. The number of aromatic amines is 1. The molecule has 0 saturated carbocycles. The summed E-state index contributed by atoms with van der Waals surface area (Å²) in [4.78, 5) is 24.9. The molecule has 1 aromatic rings. The summed E-state index contributed by atoms with van der Waals surface area (Å²) in [5, 5.41) is 2.48. The highest BCUT2D eigenvalue weighted by Crippen LogP contribution is 1.95. The summed E-state index contributed by atoms with van der Waals surface area (Å²) in [7, 11) is 0. The Morgan fingerprint density at radius 2 is 2.33 bits per heavy atom. The van der Waals surface area contributed by atoms with E-state index in [0.717, 1.165) is 5.56 Å². The number of nitrogens with one attached hydrogen (secondary N) is 2. The quantitative estimate of drug-likeness (QED) is 0.552. The molecular formula is C10H14N2O3. The SMILES string of the molecule is CCOC(=O)C(=O)NCCc1cc[nH]c1. The Bertz CT molecular complexity index is 319. The van der Waals surface area contributed by atoms with E-state index in [4.69, 9.17) is 0 Å². The number of H-pyrrole nitrogens is 1. The number of rotatable bonds is 4. The maximum absolute atomic E-state index is 11.1. The van der Waals surface area contributed by atoms with Gasteiger partial charge in [0.2, 0.25) is 0 Å². The van der Waals surface area contributed by atoms with Gasteiger partial charge in [0.05, 0.1) is 6.61 Å². The summed E-state index contributed by atoms with van der Waals surface area (Å²) >= 11 is 0. The lowest BCUT2D eigenvalue weighted by molar-refractivity contribution is -0.154. The maximum Gasteiger partial charge on any atom is 0.396 e. The second-order valence-electron chi connectivity index (χ2n) is 2.95. The standard InChI is InChI=1S/C10H14N2O3/c1-2-15-10(14)9(13)12-6-4-8-3-5-11-7-8/h3,5,7,11H,2,4,6H2,1H3,(H,12,13). The predicted molar refractivity (Wildman–Crippen MR) is 54.1 cm³/mol. The summed E-state index contributed by atoms with van der Waals surface area (Å²) in [5.41, 5.74) is 1.08. The zero-order valence-corrected chi connectivity index (χ0v) is 8.58. The van der Waals surface area contributed by atoms with Gasteiger partial charge >= 0.3 is 11.9 Å². The van der Waals surface area contributed by atoms with Gasteiger partial charge in [-0.15, -0.1) is 0 Å². The van der Waals surface area contributed by atoms with E-state index in [2.05, 4.69) is 15.0 Å². The molecule has 0 radical (unpaired) electrons. The third-order valence-electron chi connectivity index (χ3n) is 1.82. The van der Waals surface area contributed by atoms with Crippen molar-refractivity contribution < 1.29 is 14.3 Å². The molecule has 5 heteroatoms. The molecule has 1 aromatic heterocycles. The van der Waals surface area contributed by atoms with E-state index in [1.807, 2.05) is 18.5 Å². The molecule has 15 heavy (non-hydrogen) atoms. The second-order valence-corrected chi connectivity index (χ2v) is 2.95. The molecule has 82 valence electrons. The number of aromatic nitrogens is 1. The molecule has 0 bridgehead atoms. The molecule has 0 spiro atoms. The highest BCUT2D eigenvalue weighted by Gasteiger charge is 2.13. The maximum atomic E-state index is 11.1. The Morgan fingerprint density at radius 3 is 2.93 bits per heavy atom. The van der Waals surface area contributed by atoms with Crippen LogP contribution in [0.25, 0.3) is 0 Å². The van der Waals surface area contributed by atoms with Gasteiger partial charge in [0.15, 0.2) is 0 Å². The van der Waals surface area contributed by atoms with Gasteiger partial charge in [-0.2, -0.15) is 0 Å². The molecule has 0 saturated heterocycles. The fourth-order valence-corrected chi connectivity index (χ4v) is 1.10. The number of carbonyl (C=O) groups excluding carboxylic acids is 2. The van der Waals surface area contributed by atoms with Gasteiger partial charge in [-0.3, -0.25) is 4.79 Å². The van der Waals surface area contributed by atoms with Crippen molar-refractivity contribution in [2.24, 2.45) is 0 Å². The van der Waals surface area contributed by atoms with Crippen LogP contribution in [0.15, 0.2) is 18.5 Å². The van der Waals surface area contributed by atoms with Crippen molar-refractivity contribution in [1.82, 2.24) is 10.3 Å². The molecule has 1 heterocycles. The Labute approximate surface area is 87.8 Å². The first-order valence-corrected chi connectivity index (χ1v) is 4.80. The summed E-state index contributed by atoms with van der Waals surface area (Å²) in [5.74, 6) is -1.51. The molecule has 0 aliphatic carbocycles. The van der Waals surface area contributed by atoms with Gasteiger partial charge in [-0.1, -0.05) is 0 Å². The van der Waals surface area contributed by atoms with Crippen molar-refractivity contribution in [3.8, 4) is 0 Å². The number of carbonyl (C=O) groups is 2. The van der Waals surface area contributed by atoms with Gasteiger partial charge in [0.25, 0.3) is 0 Å². The van der Waals surface area contributed by atoms with Gasteiger partial charge in [0.1, 0.15) is 0 Å². The average Bonchev–Trinajstić information content (AvgIpc) is 2.71. The molecule has 0 unspecified atom stereocenters. The van der Waals surface area contributed by atoms with Gasteiger partial charge in [-0.25, -0.2) is 4.79 Å². The molecule has 0 fully saturated rings. The molecule has 5 nitrogen and oxygen atoms in total. The summed E-state index contributed by atoms with van der Waals surface area (Å²) in [6, 6.07) is 1.91. The lowest BCUT2D eigenvalue weighted by Crippen LogP contribution is -2.33. The lowest BCUT2D eigenvalue weighted by atomic mass is 10.2. The Kier molecular flexibility index (Phi) is 4.40. The summed E-state index contributed by atoms with van der Waals surface area (Å²) in [6.07, 6.45) is 4.34. The smallest absolute Gasteiger partial charge is 0.396 e. The molecule has 0 aliphatic rings. The molecule has 1 amide bonds. The zero-order chi connectivity index (χ0) is 11.1. The first kappa shape index (κ1) is 11.3. The van der Waals surface area contributed by atoms with Crippen LogP contribution in [-0.2, 0) is 20.7 Å². The van der Waals surface area contributed by atoms with Crippen LogP contribution < -0.4 is 5.32 Å². The lowest BCUT2D eigenvalue weighted by Gasteiger charge is -2.03. The number of hydrogen-bond donors (Lipinski definition) is 2. The molecule has 0 aliphatic heterocycles. The largest absolute Gasteiger partial charge is 0.459 e. The average molecular weight is 210 g/mol. The Morgan fingerprint density at radius 1 is 1.53 bits per heavy atom. The van der Waals surface area contributed by atoms with Crippen molar-refractivity contribution in [3.63, 3.8) is 0 Å². The first-order valence-electron chi connectivity index (χ1n) is 4.80. The summed E-state index contributed by atoms with van der Waals surface area (Å²) in [6.45, 7) is 2.30. The van der Waals surface area contributed by atoms with E-state index in [1.165, 1.54) is 0 Å². The monoisotopic (exact) mass is 210 g/mol. The Balaban J connectivity index is 2.20. The highest BCUT2D eigenvalue weighted by atomic mass is 16.5. The first-order chi connectivity index (χ1) is 7.24. The van der Waals surface area contributed by atoms with Crippen LogP contribution in [0.2, 0.25) is 0 Å². The normalized spacial score (nSPS) is 9.67. The van der Waals surface area contributed by atoms with Gasteiger partial charge in [-0.05, 0) is 25.0 Å². The van der Waals surface area contributed by atoms with Crippen LogP contribution >= 0.6 is 0 Å². The second kappa shape index (κ2) is 5.85. The third kappa shape index (κ3) is 3.84. The third-order valence-corrected chi connectivity index (χ3v) is 1.82. The van der Waals surface area contributed by atoms with Crippen molar-refractivity contribution >= 4 is 11.9 Å². The molecule has 0 aromatic carbocycles. The van der Waals surface area contributed by atoms with Gasteiger partial charge < -0.3 is 15.0 Å². The number of hydrogen-bond acceptors (Lipinski definition) is 3. The van der Waals surface area contributed by atoms with E-state index in [0.29, 0.717) is 13.0 Å². The fraction of sp³-hybridized carbons (Fsp3) is 0.400. The van der Waals surface area contributed by atoms with Crippen molar-refractivity contribution in [1.29, 1.82) is 0 Å². The van der Waals surface area contributed by atoms with Crippen molar-refractivity contribution in [3.05, 3.63) is 24.0 Å². The fourth-order valence-electron chi connectivity index (χ4n) is 1.10. The minimum atomic E-state index is -0.827. The molecule has 1 rings (SSSR count). The Hall–Kier alpha value is -1.78. The molecule has 2 N–H and O–H groups in total. The molecule has 0 atom stereocenters. The van der Waals surface area contributed by atoms with E-state index >= 15 is 0 Å². The topological polar surface area (TPSA) is 71.2 Å². The highest BCUT2D eigenvalue weighted by molar-refractivity contribution is 6.32. The van der Waals surface area contributed by atoms with Crippen LogP contribution in [0, 0.1) is 0 Å². The minimum Gasteiger partial charge on any atom is -0.459 e. The zero-order valence-electron chi connectivity index (χ0n) is 8.58. The van der Waals surface area contributed by atoms with Crippen LogP contribution in [0.4, 0.5) is 0 Å². The van der Waals surface area contributed by atoms with Crippen LogP contribution in [0.1, 0.15) is 12.5 Å². The van der Waals surface area contributed by atoms with E-state index in [1.54, 1.807) is 6.92 Å². The number of esters is 1. The number of ether oxygens (including phenoxy) is 1. The van der Waals surface area contributed by atoms with Crippen LogP contribution in [0.3, 0.4) is 0 Å². The van der Waals surface area contributed by atoms with Crippen molar-refractivity contribution in [2.75, 3.05) is 13.2 Å². The predicted octanol–water partition coefficient (Wildman–Crippen LogP) is 0.236. The van der Waals surface area contributed by atoms with Crippen LogP contribution in [0.5, 0.6) is 0 Å². The van der Waals surface area contributed by atoms with Crippen molar-refractivity contribution in [2.45, 2.75) is 13.3 Å². The van der Waals surface area contributed by atoms with E-state index in [-0.39, 0.29) is 6.61 Å². The van der Waals surface area contributed by atoms with E-state index in [9.17, 15) is 9.59 Å². The van der Waals surface area contributed by atoms with E-state index < -0.39 is 11.9 Å². The summed E-state index contributed by atoms with van der Waals surface area (Å²) < 4.78 is 4.53. The van der Waals surface area contributed by atoms with Crippen LogP contribution in [-0.4, -0.2) is 30.0 Å². The number of amides is 1. The van der Waals surface area contributed by atoms with Gasteiger partial charge in [0, 0.05) is 18.9 Å².